The van der Waals surface area contributed by atoms with Crippen molar-refractivity contribution in [3.8, 4) is 0 Å². The Bertz CT molecular complexity index is 1230. The summed E-state index contributed by atoms with van der Waals surface area (Å²) in [5.74, 6) is -0.631. The second kappa shape index (κ2) is 34.1. The van der Waals surface area contributed by atoms with Crippen molar-refractivity contribution >= 4 is 17.3 Å². The van der Waals surface area contributed by atoms with Crippen LogP contribution in [0.5, 0.6) is 0 Å². The number of esters is 1. The lowest BCUT2D eigenvalue weighted by Gasteiger charge is -2.13. The van der Waals surface area contributed by atoms with Gasteiger partial charge in [0.25, 0.3) is 0 Å². The second-order valence-corrected chi connectivity index (χ2v) is 11.4. The van der Waals surface area contributed by atoms with E-state index in [1.54, 1.807) is 18.2 Å². The van der Waals surface area contributed by atoms with E-state index in [0.29, 0.717) is 151 Å². The van der Waals surface area contributed by atoms with E-state index in [1.165, 1.54) is 18.2 Å². The predicted molar refractivity (Wildman–Crippen MR) is 200 cm³/mol. The summed E-state index contributed by atoms with van der Waals surface area (Å²) in [4.78, 5) is 12.6. The predicted octanol–water partition coefficient (Wildman–Crippen LogP) is 3.75. The van der Waals surface area contributed by atoms with Crippen molar-refractivity contribution in [3.05, 3.63) is 59.7 Å². The number of hydrogen-bond donors (Lipinski definition) is 2. The Kier molecular flexibility index (Phi) is 29.9. The Morgan fingerprint density at radius 2 is 0.839 bits per heavy atom. The molecule has 320 valence electrons. The molecule has 0 aliphatic carbocycles. The van der Waals surface area contributed by atoms with Crippen LogP contribution in [-0.4, -0.2) is 164 Å². The zero-order valence-corrected chi connectivity index (χ0v) is 32.1. The van der Waals surface area contributed by atoms with Gasteiger partial charge in [0.05, 0.1) is 162 Å². The SMILES string of the molecule is NCCOCCOCCOCCOCCOCCOCCOCCOCCOCCOCCOCCOC(=O)c1ccccc1Nc1cccc(C(F)(F)F)c1. The fraction of sp³-hybridized carbons (Fsp3) is 0.658. The van der Waals surface area contributed by atoms with Crippen LogP contribution in [0, 0.1) is 0 Å². The van der Waals surface area contributed by atoms with Crippen LogP contribution < -0.4 is 11.1 Å². The molecular weight excluding hydrogens is 749 g/mol. The average molecular weight is 809 g/mol. The topological polar surface area (TPSA) is 166 Å². The van der Waals surface area contributed by atoms with Gasteiger partial charge in [-0.1, -0.05) is 18.2 Å². The maximum atomic E-state index is 13.1. The molecule has 0 unspecified atom stereocenters. The smallest absolute Gasteiger partial charge is 0.416 e. The molecule has 0 spiro atoms. The standard InChI is InChI=1S/C38H59F3N2O13/c39-38(40,41)33-4-3-5-34(32-33)43-36-7-2-1-6-35(36)37(44)56-31-30-55-29-28-54-27-26-53-25-24-52-23-22-51-21-20-50-19-18-49-17-16-48-15-14-47-13-12-46-11-10-45-9-8-42/h1-7,32,43H,8-31,42H2. The van der Waals surface area contributed by atoms with Crippen LogP contribution in [0.4, 0.5) is 24.5 Å². The minimum Gasteiger partial charge on any atom is -0.460 e. The lowest BCUT2D eigenvalue weighted by molar-refractivity contribution is -0.137. The zero-order valence-electron chi connectivity index (χ0n) is 32.1. The number of halogens is 3. The van der Waals surface area contributed by atoms with Crippen molar-refractivity contribution in [1.29, 1.82) is 0 Å². The molecule has 56 heavy (non-hydrogen) atoms. The summed E-state index contributed by atoms with van der Waals surface area (Å²) in [5.41, 5.74) is 5.23. The molecule has 15 nitrogen and oxygen atoms in total. The van der Waals surface area contributed by atoms with Gasteiger partial charge in [0.2, 0.25) is 0 Å². The first-order chi connectivity index (χ1) is 27.4. The summed E-state index contributed by atoms with van der Waals surface area (Å²) >= 11 is 0. The number of ether oxygens (including phenoxy) is 12. The van der Waals surface area contributed by atoms with Gasteiger partial charge in [-0.3, -0.25) is 0 Å². The van der Waals surface area contributed by atoms with E-state index in [4.69, 9.17) is 62.6 Å². The molecule has 0 aromatic heterocycles. The number of carbonyl (C=O) groups is 1. The fourth-order valence-corrected chi connectivity index (χ4v) is 4.35. The number of hydrogen-bond acceptors (Lipinski definition) is 15. The first-order valence-electron chi connectivity index (χ1n) is 18.7. The third kappa shape index (κ3) is 26.8. The van der Waals surface area contributed by atoms with Gasteiger partial charge in [-0.05, 0) is 30.3 Å². The summed E-state index contributed by atoms with van der Waals surface area (Å²) in [6, 6.07) is 11.1. The van der Waals surface area contributed by atoms with Gasteiger partial charge >= 0.3 is 12.1 Å². The summed E-state index contributed by atoms with van der Waals surface area (Å²) in [6.45, 7) is 10.3. The number of rotatable bonds is 38. The van der Waals surface area contributed by atoms with Crippen LogP contribution in [0.1, 0.15) is 15.9 Å². The number of anilines is 2. The molecule has 2 rings (SSSR count). The average Bonchev–Trinajstić information content (AvgIpc) is 3.19. The highest BCUT2D eigenvalue weighted by atomic mass is 19.4. The highest BCUT2D eigenvalue weighted by molar-refractivity contribution is 5.96. The third-order valence-electron chi connectivity index (χ3n) is 7.06. The molecule has 0 amide bonds. The lowest BCUT2D eigenvalue weighted by Crippen LogP contribution is -2.16. The van der Waals surface area contributed by atoms with Gasteiger partial charge < -0.3 is 67.9 Å². The number of carbonyl (C=O) groups excluding carboxylic acids is 1. The normalized spacial score (nSPS) is 11.6. The minimum absolute atomic E-state index is 0.00418. The molecule has 0 atom stereocenters. The molecule has 0 bridgehead atoms. The van der Waals surface area contributed by atoms with Gasteiger partial charge in [0, 0.05) is 12.2 Å². The molecule has 0 aliphatic heterocycles. The Hall–Kier alpha value is -2.98. The van der Waals surface area contributed by atoms with Crippen molar-refractivity contribution in [2.75, 3.05) is 164 Å². The summed E-state index contributed by atoms with van der Waals surface area (Å²) in [7, 11) is 0. The fourth-order valence-electron chi connectivity index (χ4n) is 4.35. The van der Waals surface area contributed by atoms with Gasteiger partial charge in [-0.15, -0.1) is 0 Å². The van der Waals surface area contributed by atoms with E-state index in [0.717, 1.165) is 12.1 Å². The second-order valence-electron chi connectivity index (χ2n) is 11.4. The summed E-state index contributed by atoms with van der Waals surface area (Å²) < 4.78 is 104. The summed E-state index contributed by atoms with van der Waals surface area (Å²) in [6.07, 6.45) is -4.48. The molecule has 2 aromatic rings. The van der Waals surface area contributed by atoms with Crippen LogP contribution in [0.2, 0.25) is 0 Å². The first kappa shape index (κ1) is 49.2. The highest BCUT2D eigenvalue weighted by Gasteiger charge is 2.30. The van der Waals surface area contributed by atoms with E-state index >= 15 is 0 Å². The third-order valence-corrected chi connectivity index (χ3v) is 7.06. The Labute approximate surface area is 327 Å². The minimum atomic E-state index is -4.48. The number of nitrogens with one attached hydrogen (secondary N) is 1. The first-order valence-corrected chi connectivity index (χ1v) is 18.7. The maximum Gasteiger partial charge on any atom is 0.416 e. The van der Waals surface area contributed by atoms with Crippen LogP contribution in [0.25, 0.3) is 0 Å². The molecule has 0 radical (unpaired) electrons. The zero-order chi connectivity index (χ0) is 40.2. The number of alkyl halides is 3. The molecule has 18 heteroatoms. The number of para-hydroxylation sites is 1. The Morgan fingerprint density at radius 1 is 0.482 bits per heavy atom. The van der Waals surface area contributed by atoms with Gasteiger partial charge in [-0.2, -0.15) is 13.2 Å². The van der Waals surface area contributed by atoms with Crippen LogP contribution in [0.15, 0.2) is 48.5 Å². The van der Waals surface area contributed by atoms with E-state index in [9.17, 15) is 18.0 Å². The van der Waals surface area contributed by atoms with Crippen molar-refractivity contribution < 1.29 is 74.8 Å². The quantitative estimate of drug-likeness (QED) is 0.0744. The summed E-state index contributed by atoms with van der Waals surface area (Å²) in [5, 5.41) is 2.86. The van der Waals surface area contributed by atoms with Gasteiger partial charge in [-0.25, -0.2) is 4.79 Å². The van der Waals surface area contributed by atoms with Gasteiger partial charge in [0.15, 0.2) is 0 Å². The van der Waals surface area contributed by atoms with Crippen LogP contribution >= 0.6 is 0 Å². The van der Waals surface area contributed by atoms with Crippen LogP contribution in [-0.2, 0) is 63.0 Å². The van der Waals surface area contributed by atoms with E-state index in [1.807, 2.05) is 0 Å². The van der Waals surface area contributed by atoms with Crippen molar-refractivity contribution in [2.45, 2.75) is 6.18 Å². The molecule has 0 saturated carbocycles. The number of benzene rings is 2. The molecule has 2 aromatic carbocycles. The molecular formula is C38H59F3N2O13. The lowest BCUT2D eigenvalue weighted by atomic mass is 10.1. The van der Waals surface area contributed by atoms with Crippen molar-refractivity contribution in [2.24, 2.45) is 5.73 Å². The molecule has 0 heterocycles. The van der Waals surface area contributed by atoms with Gasteiger partial charge in [0.1, 0.15) is 6.61 Å². The Balaban J connectivity index is 1.27. The van der Waals surface area contributed by atoms with E-state index in [2.05, 4.69) is 5.32 Å². The van der Waals surface area contributed by atoms with E-state index in [-0.39, 0.29) is 24.5 Å². The highest BCUT2D eigenvalue weighted by Crippen LogP contribution is 2.32. The largest absolute Gasteiger partial charge is 0.460 e. The molecule has 3 N–H and O–H groups in total. The molecule has 0 saturated heterocycles. The number of nitrogens with two attached hydrogens (primary N) is 1. The Morgan fingerprint density at radius 3 is 1.21 bits per heavy atom. The van der Waals surface area contributed by atoms with Crippen molar-refractivity contribution in [3.63, 3.8) is 0 Å². The van der Waals surface area contributed by atoms with Crippen LogP contribution in [0.3, 0.4) is 0 Å². The van der Waals surface area contributed by atoms with E-state index < -0.39 is 17.7 Å². The maximum absolute atomic E-state index is 13.1. The monoisotopic (exact) mass is 808 g/mol. The molecule has 0 aliphatic rings. The van der Waals surface area contributed by atoms with Crippen molar-refractivity contribution in [1.82, 2.24) is 0 Å². The molecule has 0 fully saturated rings.